The Morgan fingerprint density at radius 3 is 2.55 bits per heavy atom. The van der Waals surface area contributed by atoms with Gasteiger partial charge in [0, 0.05) is 5.33 Å². The van der Waals surface area contributed by atoms with Crippen molar-refractivity contribution in [3.8, 4) is 0 Å². The van der Waals surface area contributed by atoms with Crippen LogP contribution >= 0.6 is 15.9 Å². The van der Waals surface area contributed by atoms with Crippen LogP contribution in [0.25, 0.3) is 0 Å². The van der Waals surface area contributed by atoms with E-state index in [0.717, 1.165) is 31.0 Å². The molecule has 0 aliphatic rings. The minimum Gasteiger partial charge on any atom is -0.481 e. The Hall–Kier alpha value is -0.0500. The van der Waals surface area contributed by atoms with Crippen LogP contribution in [-0.2, 0) is 4.79 Å². The van der Waals surface area contributed by atoms with Crippen molar-refractivity contribution in [2.24, 2.45) is 5.92 Å². The van der Waals surface area contributed by atoms with E-state index >= 15 is 0 Å². The van der Waals surface area contributed by atoms with Crippen LogP contribution in [0.1, 0.15) is 32.6 Å². The highest BCUT2D eigenvalue weighted by Gasteiger charge is 2.14. The molecule has 0 rings (SSSR count). The first-order valence-corrected chi connectivity index (χ1v) is 5.13. The van der Waals surface area contributed by atoms with E-state index in [-0.39, 0.29) is 5.92 Å². The Morgan fingerprint density at radius 2 is 2.18 bits per heavy atom. The maximum Gasteiger partial charge on any atom is 0.306 e. The van der Waals surface area contributed by atoms with Gasteiger partial charge in [-0.05, 0) is 12.8 Å². The summed E-state index contributed by atoms with van der Waals surface area (Å²) in [6.45, 7) is 2.08. The Morgan fingerprint density at radius 1 is 1.55 bits per heavy atom. The molecule has 0 bridgehead atoms. The Bertz CT molecular complexity index is 115. The molecule has 0 saturated heterocycles. The van der Waals surface area contributed by atoms with E-state index in [1.807, 2.05) is 0 Å². The highest BCUT2D eigenvalue weighted by atomic mass is 79.9. The van der Waals surface area contributed by atoms with Crippen LogP contribution in [0.3, 0.4) is 0 Å². The average molecular weight is 223 g/mol. The van der Waals surface area contributed by atoms with Crippen molar-refractivity contribution < 1.29 is 9.90 Å². The molecule has 0 aliphatic heterocycles. The number of carbonyl (C=O) groups is 1. The molecule has 0 aromatic heterocycles. The molecule has 3 heteroatoms. The van der Waals surface area contributed by atoms with Crippen molar-refractivity contribution in [2.75, 3.05) is 5.33 Å². The Balaban J connectivity index is 3.60. The molecule has 2 nitrogen and oxygen atoms in total. The maximum atomic E-state index is 10.6. The molecule has 0 aromatic carbocycles. The predicted octanol–water partition coefficient (Wildman–Crippen LogP) is 2.66. The zero-order valence-corrected chi connectivity index (χ0v) is 8.43. The van der Waals surface area contributed by atoms with Gasteiger partial charge >= 0.3 is 5.97 Å². The standard InChI is InChI=1S/C8H15BrO2/c1-2-3-4-7(5-6-9)8(10)11/h7H,2-6H2,1H3,(H,10,11). The highest BCUT2D eigenvalue weighted by Crippen LogP contribution is 2.13. The van der Waals surface area contributed by atoms with E-state index in [1.165, 1.54) is 0 Å². The van der Waals surface area contributed by atoms with Crippen LogP contribution in [0, 0.1) is 5.92 Å². The van der Waals surface area contributed by atoms with Gasteiger partial charge in [-0.25, -0.2) is 0 Å². The van der Waals surface area contributed by atoms with Gasteiger partial charge in [0.2, 0.25) is 0 Å². The van der Waals surface area contributed by atoms with Crippen molar-refractivity contribution >= 4 is 21.9 Å². The number of carboxylic acid groups (broad SMARTS) is 1. The third-order valence-corrected chi connectivity index (χ3v) is 2.17. The second-order valence-electron chi connectivity index (χ2n) is 2.66. The van der Waals surface area contributed by atoms with Crippen LogP contribution in [0.15, 0.2) is 0 Å². The van der Waals surface area contributed by atoms with Gasteiger partial charge in [-0.3, -0.25) is 4.79 Å². The quantitative estimate of drug-likeness (QED) is 0.703. The van der Waals surface area contributed by atoms with Gasteiger partial charge in [0.25, 0.3) is 0 Å². The van der Waals surface area contributed by atoms with E-state index in [2.05, 4.69) is 22.9 Å². The summed E-state index contributed by atoms with van der Waals surface area (Å²) in [6, 6.07) is 0. The first-order valence-electron chi connectivity index (χ1n) is 4.01. The lowest BCUT2D eigenvalue weighted by Crippen LogP contribution is -2.13. The van der Waals surface area contributed by atoms with Gasteiger partial charge in [0.1, 0.15) is 0 Å². The minimum absolute atomic E-state index is 0.144. The van der Waals surface area contributed by atoms with Gasteiger partial charge in [0.05, 0.1) is 5.92 Å². The fourth-order valence-electron chi connectivity index (χ4n) is 0.974. The molecule has 1 unspecified atom stereocenters. The lowest BCUT2D eigenvalue weighted by molar-refractivity contribution is -0.142. The van der Waals surface area contributed by atoms with Crippen molar-refractivity contribution in [3.05, 3.63) is 0 Å². The smallest absolute Gasteiger partial charge is 0.306 e. The molecule has 0 aromatic rings. The number of hydrogen-bond acceptors (Lipinski definition) is 1. The molecule has 0 fully saturated rings. The molecule has 66 valence electrons. The summed E-state index contributed by atoms with van der Waals surface area (Å²) in [5.74, 6) is -0.799. The maximum absolute atomic E-state index is 10.6. The number of hydrogen-bond donors (Lipinski definition) is 1. The predicted molar refractivity (Wildman–Crippen MR) is 49.1 cm³/mol. The van der Waals surface area contributed by atoms with E-state index in [4.69, 9.17) is 5.11 Å². The van der Waals surface area contributed by atoms with Gasteiger partial charge in [-0.2, -0.15) is 0 Å². The number of halogens is 1. The summed E-state index contributed by atoms with van der Waals surface area (Å²) in [5.41, 5.74) is 0. The minimum atomic E-state index is -0.655. The van der Waals surface area contributed by atoms with Crippen molar-refractivity contribution in [3.63, 3.8) is 0 Å². The van der Waals surface area contributed by atoms with E-state index in [0.29, 0.717) is 0 Å². The number of unbranched alkanes of at least 4 members (excludes halogenated alkanes) is 1. The molecular weight excluding hydrogens is 208 g/mol. The van der Waals surface area contributed by atoms with Crippen molar-refractivity contribution in [2.45, 2.75) is 32.6 Å². The fraction of sp³-hybridized carbons (Fsp3) is 0.875. The summed E-state index contributed by atoms with van der Waals surface area (Å²) in [5, 5.41) is 9.50. The summed E-state index contributed by atoms with van der Waals surface area (Å²) >= 11 is 3.25. The topological polar surface area (TPSA) is 37.3 Å². The molecule has 0 amide bonds. The number of alkyl halides is 1. The zero-order valence-electron chi connectivity index (χ0n) is 6.85. The van der Waals surface area contributed by atoms with E-state index in [9.17, 15) is 4.79 Å². The Kier molecular flexibility index (Phi) is 6.62. The summed E-state index contributed by atoms with van der Waals surface area (Å²) < 4.78 is 0. The van der Waals surface area contributed by atoms with E-state index < -0.39 is 5.97 Å². The van der Waals surface area contributed by atoms with Crippen LogP contribution in [0.2, 0.25) is 0 Å². The van der Waals surface area contributed by atoms with Gasteiger partial charge in [-0.1, -0.05) is 35.7 Å². The molecule has 1 atom stereocenters. The molecule has 0 saturated carbocycles. The third kappa shape index (κ3) is 5.24. The average Bonchev–Trinajstić information content (AvgIpc) is 1.97. The first kappa shape index (κ1) is 11.0. The molecule has 0 spiro atoms. The molecule has 0 aliphatic carbocycles. The van der Waals surface area contributed by atoms with Gasteiger partial charge in [-0.15, -0.1) is 0 Å². The van der Waals surface area contributed by atoms with Crippen molar-refractivity contribution in [1.29, 1.82) is 0 Å². The fourth-order valence-corrected chi connectivity index (χ4v) is 1.53. The third-order valence-electron chi connectivity index (χ3n) is 1.71. The normalized spacial score (nSPS) is 12.9. The van der Waals surface area contributed by atoms with Crippen LogP contribution < -0.4 is 0 Å². The Labute approximate surface area is 76.1 Å². The SMILES string of the molecule is CCCCC(CCBr)C(=O)O. The highest BCUT2D eigenvalue weighted by molar-refractivity contribution is 9.09. The summed E-state index contributed by atoms with van der Waals surface area (Å²) in [6.07, 6.45) is 3.66. The molecular formula is C8H15BrO2. The van der Waals surface area contributed by atoms with Crippen LogP contribution in [0.4, 0.5) is 0 Å². The second kappa shape index (κ2) is 6.65. The largest absolute Gasteiger partial charge is 0.481 e. The molecule has 0 radical (unpaired) electrons. The lowest BCUT2D eigenvalue weighted by atomic mass is 10.00. The summed E-state index contributed by atoms with van der Waals surface area (Å²) in [7, 11) is 0. The van der Waals surface area contributed by atoms with Crippen molar-refractivity contribution in [1.82, 2.24) is 0 Å². The van der Waals surface area contributed by atoms with Crippen LogP contribution in [-0.4, -0.2) is 16.4 Å². The second-order valence-corrected chi connectivity index (χ2v) is 3.45. The van der Waals surface area contributed by atoms with Crippen LogP contribution in [0.5, 0.6) is 0 Å². The van der Waals surface area contributed by atoms with E-state index in [1.54, 1.807) is 0 Å². The number of aliphatic carboxylic acids is 1. The molecule has 1 N–H and O–H groups in total. The van der Waals surface area contributed by atoms with Gasteiger partial charge < -0.3 is 5.11 Å². The number of carboxylic acids is 1. The first-order chi connectivity index (χ1) is 5.22. The molecule has 0 heterocycles. The summed E-state index contributed by atoms with van der Waals surface area (Å²) in [4.78, 5) is 10.6. The monoisotopic (exact) mass is 222 g/mol. The number of rotatable bonds is 6. The molecule has 11 heavy (non-hydrogen) atoms. The van der Waals surface area contributed by atoms with Gasteiger partial charge in [0.15, 0.2) is 0 Å². The zero-order chi connectivity index (χ0) is 8.69. The lowest BCUT2D eigenvalue weighted by Gasteiger charge is -2.08.